The van der Waals surface area contributed by atoms with Gasteiger partial charge in [0, 0.05) is 32.6 Å². The summed E-state index contributed by atoms with van der Waals surface area (Å²) in [6, 6.07) is 3.85. The van der Waals surface area contributed by atoms with Crippen molar-refractivity contribution in [3.05, 3.63) is 24.2 Å². The third-order valence-electron chi connectivity index (χ3n) is 3.90. The summed E-state index contributed by atoms with van der Waals surface area (Å²) in [6.07, 6.45) is 6.90. The number of nitrogens with zero attached hydrogens (tertiary/aromatic N) is 2. The predicted octanol–water partition coefficient (Wildman–Crippen LogP) is 2.40. The number of amides is 1. The summed E-state index contributed by atoms with van der Waals surface area (Å²) in [6.45, 7) is 5.70. The Hall–Kier alpha value is -1.25. The number of aliphatic imine (C=N–C) groups is 1. The maximum atomic E-state index is 12.1. The first-order valence-electron chi connectivity index (χ1n) is 8.62. The lowest BCUT2D eigenvalue weighted by Crippen LogP contribution is -2.40. The number of nitrogens with one attached hydrogen (secondary N) is 2. The van der Waals surface area contributed by atoms with Crippen molar-refractivity contribution in [3.8, 4) is 0 Å². The second-order valence-corrected chi connectivity index (χ2v) is 5.79. The number of carbonyl (C=O) groups is 1. The summed E-state index contributed by atoms with van der Waals surface area (Å²) in [5, 5.41) is 6.56. The molecule has 0 radical (unpaired) electrons. The largest absolute Gasteiger partial charge is 0.469 e. The molecule has 0 aromatic carbocycles. The van der Waals surface area contributed by atoms with Crippen molar-refractivity contribution in [1.82, 2.24) is 15.5 Å². The van der Waals surface area contributed by atoms with Gasteiger partial charge in [-0.3, -0.25) is 4.79 Å². The van der Waals surface area contributed by atoms with Gasteiger partial charge in [-0.1, -0.05) is 13.3 Å². The third-order valence-corrected chi connectivity index (χ3v) is 3.90. The van der Waals surface area contributed by atoms with Crippen LogP contribution in [0.1, 0.15) is 38.4 Å². The van der Waals surface area contributed by atoms with Gasteiger partial charge in [-0.25, -0.2) is 4.99 Å². The molecule has 1 aliphatic heterocycles. The number of hydrogen-bond donors (Lipinski definition) is 2. The molecule has 2 rings (SSSR count). The van der Waals surface area contributed by atoms with Gasteiger partial charge in [0.25, 0.3) is 0 Å². The van der Waals surface area contributed by atoms with Crippen LogP contribution in [0.15, 0.2) is 27.8 Å². The van der Waals surface area contributed by atoms with Crippen molar-refractivity contribution in [1.29, 1.82) is 0 Å². The van der Waals surface area contributed by atoms with Crippen molar-refractivity contribution >= 4 is 35.8 Å². The lowest BCUT2D eigenvalue weighted by Gasteiger charge is -2.15. The summed E-state index contributed by atoms with van der Waals surface area (Å²) in [5.41, 5.74) is 0. The second kappa shape index (κ2) is 12.2. The zero-order chi connectivity index (χ0) is 16.3. The van der Waals surface area contributed by atoms with E-state index in [-0.39, 0.29) is 36.4 Å². The maximum Gasteiger partial charge on any atom is 0.244 e. The molecule has 0 bridgehead atoms. The molecule has 0 aliphatic carbocycles. The first-order chi connectivity index (χ1) is 11.3. The normalized spacial score (nSPS) is 14.4. The van der Waals surface area contributed by atoms with Gasteiger partial charge in [-0.05, 0) is 31.4 Å². The zero-order valence-corrected chi connectivity index (χ0v) is 16.8. The van der Waals surface area contributed by atoms with Gasteiger partial charge in [-0.15, -0.1) is 24.0 Å². The van der Waals surface area contributed by atoms with Gasteiger partial charge in [-0.2, -0.15) is 0 Å². The number of rotatable bonds is 8. The molecule has 2 heterocycles. The van der Waals surface area contributed by atoms with Gasteiger partial charge in [0.1, 0.15) is 12.3 Å². The number of likely N-dealkylation sites (tertiary alicyclic amines) is 1. The Balaban J connectivity index is 0.00000288. The summed E-state index contributed by atoms with van der Waals surface area (Å²) in [7, 11) is 0. The first kappa shape index (κ1) is 20.8. The highest BCUT2D eigenvalue weighted by molar-refractivity contribution is 14.0. The molecule has 1 aliphatic rings. The Morgan fingerprint density at radius 3 is 2.71 bits per heavy atom. The van der Waals surface area contributed by atoms with Crippen LogP contribution in [0.2, 0.25) is 0 Å². The molecule has 1 aromatic heterocycles. The van der Waals surface area contributed by atoms with Crippen molar-refractivity contribution < 1.29 is 9.21 Å². The van der Waals surface area contributed by atoms with Crippen LogP contribution in [0, 0.1) is 0 Å². The Bertz CT molecular complexity index is 485. The highest BCUT2D eigenvalue weighted by Crippen LogP contribution is 2.07. The van der Waals surface area contributed by atoms with E-state index in [9.17, 15) is 4.79 Å². The number of carbonyl (C=O) groups excluding carboxylic acids is 1. The van der Waals surface area contributed by atoms with E-state index in [1.165, 1.54) is 0 Å². The van der Waals surface area contributed by atoms with Crippen molar-refractivity contribution in [3.63, 3.8) is 0 Å². The topological polar surface area (TPSA) is 69.9 Å². The summed E-state index contributed by atoms with van der Waals surface area (Å²) in [4.78, 5) is 18.4. The summed E-state index contributed by atoms with van der Waals surface area (Å²) < 4.78 is 5.32. The Morgan fingerprint density at radius 2 is 2.04 bits per heavy atom. The molecule has 1 fully saturated rings. The lowest BCUT2D eigenvalue weighted by atomic mass is 10.3. The smallest absolute Gasteiger partial charge is 0.244 e. The Kier molecular flexibility index (Phi) is 10.5. The molecule has 24 heavy (non-hydrogen) atoms. The molecular weight excluding hydrogens is 419 g/mol. The molecule has 1 amide bonds. The molecular formula is C17H29IN4O2. The van der Waals surface area contributed by atoms with E-state index >= 15 is 0 Å². The van der Waals surface area contributed by atoms with Gasteiger partial charge in [0.2, 0.25) is 5.91 Å². The van der Waals surface area contributed by atoms with Crippen LogP contribution >= 0.6 is 24.0 Å². The van der Waals surface area contributed by atoms with Gasteiger partial charge in [0.15, 0.2) is 5.96 Å². The molecule has 0 unspecified atom stereocenters. The standard InChI is InChI=1S/C17H28N4O2.HI/c1-2-3-9-18-17(19-10-8-15-7-6-13-23-15)20-14-16(22)21-11-4-5-12-21;/h6-7,13H,2-5,8-12,14H2,1H3,(H2,18,19,20);1H. The number of guanidine groups is 1. The number of unbranched alkanes of at least 4 members (excludes halogenated alkanes) is 1. The van der Waals surface area contributed by atoms with E-state index in [4.69, 9.17) is 4.42 Å². The number of furan rings is 1. The highest BCUT2D eigenvalue weighted by atomic mass is 127. The predicted molar refractivity (Wildman–Crippen MR) is 107 cm³/mol. The average Bonchev–Trinajstić information content (AvgIpc) is 3.25. The summed E-state index contributed by atoms with van der Waals surface area (Å²) in [5.74, 6) is 1.77. The minimum Gasteiger partial charge on any atom is -0.469 e. The van der Waals surface area contributed by atoms with E-state index in [0.29, 0.717) is 5.96 Å². The van der Waals surface area contributed by atoms with E-state index in [2.05, 4.69) is 22.5 Å². The highest BCUT2D eigenvalue weighted by Gasteiger charge is 2.17. The Morgan fingerprint density at radius 1 is 1.29 bits per heavy atom. The molecule has 2 N–H and O–H groups in total. The maximum absolute atomic E-state index is 12.1. The van der Waals surface area contributed by atoms with Gasteiger partial charge in [0.05, 0.1) is 6.26 Å². The zero-order valence-electron chi connectivity index (χ0n) is 14.4. The molecule has 0 saturated carbocycles. The van der Waals surface area contributed by atoms with Crippen LogP contribution in [0.3, 0.4) is 0 Å². The molecule has 6 nitrogen and oxygen atoms in total. The average molecular weight is 448 g/mol. The fourth-order valence-corrected chi connectivity index (χ4v) is 2.53. The van der Waals surface area contributed by atoms with Crippen LogP contribution in [0.25, 0.3) is 0 Å². The summed E-state index contributed by atoms with van der Waals surface area (Å²) >= 11 is 0. The van der Waals surface area contributed by atoms with E-state index < -0.39 is 0 Å². The second-order valence-electron chi connectivity index (χ2n) is 5.79. The van der Waals surface area contributed by atoms with Crippen molar-refractivity contribution in [2.24, 2.45) is 4.99 Å². The van der Waals surface area contributed by atoms with Crippen LogP contribution in [0.5, 0.6) is 0 Å². The monoisotopic (exact) mass is 448 g/mol. The fraction of sp³-hybridized carbons (Fsp3) is 0.647. The van der Waals surface area contributed by atoms with E-state index in [1.807, 2.05) is 17.0 Å². The SMILES string of the molecule is CCCCNC(=NCC(=O)N1CCCC1)NCCc1ccco1.I. The van der Waals surface area contributed by atoms with Crippen LogP contribution in [0.4, 0.5) is 0 Å². The number of halogens is 1. The molecule has 1 saturated heterocycles. The van der Waals surface area contributed by atoms with Crippen LogP contribution in [-0.2, 0) is 11.2 Å². The molecule has 7 heteroatoms. The quantitative estimate of drug-likeness (QED) is 0.278. The fourth-order valence-electron chi connectivity index (χ4n) is 2.53. The third kappa shape index (κ3) is 7.55. The van der Waals surface area contributed by atoms with Crippen molar-refractivity contribution in [2.45, 2.75) is 39.0 Å². The molecule has 1 aromatic rings. The minimum absolute atomic E-state index is 0. The van der Waals surface area contributed by atoms with Crippen LogP contribution < -0.4 is 10.6 Å². The number of hydrogen-bond acceptors (Lipinski definition) is 3. The van der Waals surface area contributed by atoms with E-state index in [1.54, 1.807) is 6.26 Å². The van der Waals surface area contributed by atoms with E-state index in [0.717, 1.165) is 64.0 Å². The molecule has 0 atom stereocenters. The molecule has 136 valence electrons. The first-order valence-corrected chi connectivity index (χ1v) is 8.62. The van der Waals surface area contributed by atoms with Crippen molar-refractivity contribution in [2.75, 3.05) is 32.7 Å². The van der Waals surface area contributed by atoms with Gasteiger partial charge >= 0.3 is 0 Å². The van der Waals surface area contributed by atoms with Gasteiger partial charge < -0.3 is 20.0 Å². The van der Waals surface area contributed by atoms with Crippen LogP contribution in [-0.4, -0.2) is 49.5 Å². The lowest BCUT2D eigenvalue weighted by molar-refractivity contribution is -0.128. The molecule has 0 spiro atoms. The Labute approximate surface area is 161 Å². The minimum atomic E-state index is 0.